The Morgan fingerprint density at radius 3 is 2.37 bits per heavy atom. The van der Waals surface area contributed by atoms with Gasteiger partial charge in [0.25, 0.3) is 11.8 Å². The maximum atomic E-state index is 12.9. The fourth-order valence-electron chi connectivity index (χ4n) is 4.20. The van der Waals surface area contributed by atoms with Gasteiger partial charge >= 0.3 is 10.2 Å². The molecule has 0 spiro atoms. The van der Waals surface area contributed by atoms with Crippen LogP contribution in [-0.2, 0) is 11.3 Å². The third kappa shape index (κ3) is 6.01. The summed E-state index contributed by atoms with van der Waals surface area (Å²) < 4.78 is 76.9. The topological polar surface area (TPSA) is 85.7 Å². The molecule has 4 rings (SSSR count). The summed E-state index contributed by atoms with van der Waals surface area (Å²) in [6.45, 7) is 3.95. The summed E-state index contributed by atoms with van der Waals surface area (Å²) in [7, 11) is -8.25. The third-order valence-electron chi connectivity index (χ3n) is 6.05. The van der Waals surface area contributed by atoms with Crippen molar-refractivity contribution in [3.05, 3.63) is 53.7 Å². The summed E-state index contributed by atoms with van der Waals surface area (Å²) in [5, 5.41) is 7.95. The van der Waals surface area contributed by atoms with Gasteiger partial charge in [0.1, 0.15) is 10.6 Å². The van der Waals surface area contributed by atoms with E-state index in [4.69, 9.17) is 9.47 Å². The zero-order valence-corrected chi connectivity index (χ0v) is 21.5. The Labute approximate surface area is 215 Å². The molecular weight excluding hydrogens is 535 g/mol. The number of methoxy groups -OCH3 is 1. The number of rotatable bonds is 10. The molecule has 0 atom stereocenters. The van der Waals surface area contributed by atoms with Gasteiger partial charge in [-0.3, -0.25) is 14.3 Å². The Morgan fingerprint density at radius 2 is 1.76 bits per heavy atom. The van der Waals surface area contributed by atoms with Crippen molar-refractivity contribution in [1.82, 2.24) is 20.0 Å². The van der Waals surface area contributed by atoms with Crippen LogP contribution in [0.3, 0.4) is 0 Å². The lowest BCUT2D eigenvalue weighted by Gasteiger charge is -2.41. The number of likely N-dealkylation sites (tertiary alicyclic amines) is 1. The second-order valence-electron chi connectivity index (χ2n) is 8.98. The Balaban J connectivity index is 1.42. The van der Waals surface area contributed by atoms with Gasteiger partial charge in [-0.05, 0) is 43.3 Å². The summed E-state index contributed by atoms with van der Waals surface area (Å²) in [5.41, 5.74) is 0.890. The van der Waals surface area contributed by atoms with Gasteiger partial charge in [0.2, 0.25) is 0 Å². The van der Waals surface area contributed by atoms with Crippen LogP contribution in [0.5, 0.6) is 5.75 Å². The summed E-state index contributed by atoms with van der Waals surface area (Å²) in [4.78, 5) is 24.6. The maximum absolute atomic E-state index is 12.9. The molecule has 1 N–H and O–H groups in total. The smallest absolute Gasteiger partial charge is 0.310 e. The Bertz CT molecular complexity index is 1360. The summed E-state index contributed by atoms with van der Waals surface area (Å²) >= 11 is 0. The first-order chi connectivity index (χ1) is 17.7. The molecule has 2 aromatic carbocycles. The van der Waals surface area contributed by atoms with Gasteiger partial charge in [0.05, 0.1) is 29.7 Å². The average molecular weight is 563 g/mol. The molecule has 14 heteroatoms. The van der Waals surface area contributed by atoms with Crippen LogP contribution in [0.4, 0.5) is 19.4 Å². The lowest BCUT2D eigenvalue weighted by Crippen LogP contribution is -2.51. The Morgan fingerprint density at radius 1 is 1.08 bits per heavy atom. The van der Waals surface area contributed by atoms with Crippen LogP contribution in [-0.4, -0.2) is 66.5 Å². The van der Waals surface area contributed by atoms with Crippen LogP contribution >= 0.6 is 10.2 Å². The molecule has 1 aliphatic rings. The number of nitrogens with one attached hydrogen (secondary N) is 1. The van der Waals surface area contributed by atoms with E-state index in [1.165, 1.54) is 12.0 Å². The summed E-state index contributed by atoms with van der Waals surface area (Å²) in [6, 6.07) is 5.36. The number of halogens is 5. The van der Waals surface area contributed by atoms with Gasteiger partial charge in [0, 0.05) is 51.0 Å². The van der Waals surface area contributed by atoms with Crippen molar-refractivity contribution in [2.24, 2.45) is 5.92 Å². The molecule has 1 fully saturated rings. The largest absolute Gasteiger partial charge is 0.492 e. The zero-order chi connectivity index (χ0) is 27.8. The molecular formula is C24H27F5N4O4S. The fraction of sp³-hybridized carbons (Fsp3) is 0.375. The normalized spacial score (nSPS) is 16.0. The van der Waals surface area contributed by atoms with Crippen LogP contribution in [0.25, 0.3) is 10.9 Å². The molecule has 0 aliphatic carbocycles. The standard InChI is InChI=1S/C24H27F5N4O4S/c1-3-37-22-19(23(34)30-10-11-36-2)8-9-21-20(22)15-33(31-21)14-16-12-32(13-16)24(35)17-4-6-18(7-5-17)38(25,26,27,28)29/h4-9,15-16H,3,10-14H2,1-2H3,(H,30,34). The number of fused-ring (bicyclic) bond motifs is 1. The lowest BCUT2D eigenvalue weighted by atomic mass is 9.99. The summed E-state index contributed by atoms with van der Waals surface area (Å²) in [6.07, 6.45) is 1.76. The molecule has 3 aromatic rings. The molecule has 2 amide bonds. The predicted molar refractivity (Wildman–Crippen MR) is 132 cm³/mol. The number of benzene rings is 2. The van der Waals surface area contributed by atoms with Gasteiger partial charge in [-0.1, -0.05) is 19.4 Å². The van der Waals surface area contributed by atoms with Crippen molar-refractivity contribution in [3.8, 4) is 5.75 Å². The second kappa shape index (κ2) is 9.42. The van der Waals surface area contributed by atoms with Crippen molar-refractivity contribution in [3.63, 3.8) is 0 Å². The molecule has 0 bridgehead atoms. The van der Waals surface area contributed by atoms with Gasteiger partial charge in [0.15, 0.2) is 0 Å². The van der Waals surface area contributed by atoms with E-state index >= 15 is 0 Å². The Hall–Kier alpha value is -3.39. The molecule has 2 heterocycles. The number of hydrogen-bond acceptors (Lipinski definition) is 5. The minimum absolute atomic E-state index is 0.0181. The zero-order valence-electron chi connectivity index (χ0n) is 20.6. The number of hydrogen-bond donors (Lipinski definition) is 1. The van der Waals surface area contributed by atoms with Crippen LogP contribution < -0.4 is 10.1 Å². The van der Waals surface area contributed by atoms with Crippen molar-refractivity contribution >= 4 is 32.9 Å². The van der Waals surface area contributed by atoms with Crippen molar-refractivity contribution in [2.45, 2.75) is 18.4 Å². The number of nitrogens with zero attached hydrogens (tertiary/aromatic N) is 3. The SMILES string of the molecule is CCOc1c(C(=O)NCCOC)ccc2nn(CC3CN(C(=O)c4ccc(S(F)(F)(F)(F)F)cc4)C3)cc12. The molecule has 1 saturated heterocycles. The van der Waals surface area contributed by atoms with Gasteiger partial charge in [-0.25, -0.2) is 0 Å². The first kappa shape index (κ1) is 27.6. The predicted octanol–water partition coefficient (Wildman–Crippen LogP) is 5.24. The van der Waals surface area contributed by atoms with Crippen LogP contribution in [0.2, 0.25) is 0 Å². The van der Waals surface area contributed by atoms with E-state index in [9.17, 15) is 29.0 Å². The second-order valence-corrected chi connectivity index (χ2v) is 11.4. The minimum atomic E-state index is -9.79. The van der Waals surface area contributed by atoms with Gasteiger partial charge in [-0.15, -0.1) is 0 Å². The highest BCUT2D eigenvalue weighted by atomic mass is 32.5. The number of carbonyl (C=O) groups excluding carboxylic acids is 2. The number of aromatic nitrogens is 2. The van der Waals surface area contributed by atoms with Crippen LogP contribution in [0.15, 0.2) is 47.5 Å². The van der Waals surface area contributed by atoms with Crippen LogP contribution in [0.1, 0.15) is 27.6 Å². The quantitative estimate of drug-likeness (QED) is 0.270. The first-order valence-corrected chi connectivity index (χ1v) is 13.7. The molecule has 8 nitrogen and oxygen atoms in total. The van der Waals surface area contributed by atoms with E-state index < -0.39 is 21.0 Å². The van der Waals surface area contributed by atoms with E-state index in [0.717, 1.165) is 12.1 Å². The molecule has 208 valence electrons. The fourth-order valence-corrected chi connectivity index (χ4v) is 4.85. The number of amides is 2. The van der Waals surface area contributed by atoms with E-state index in [1.807, 2.05) is 0 Å². The molecule has 0 unspecified atom stereocenters. The number of carbonyl (C=O) groups is 2. The maximum Gasteiger partial charge on any atom is 0.310 e. The van der Waals surface area contributed by atoms with E-state index in [2.05, 4.69) is 10.4 Å². The number of ether oxygens (including phenoxy) is 2. The van der Waals surface area contributed by atoms with Crippen molar-refractivity contribution < 1.29 is 38.5 Å². The first-order valence-electron chi connectivity index (χ1n) is 11.7. The molecule has 38 heavy (non-hydrogen) atoms. The monoisotopic (exact) mass is 562 g/mol. The highest BCUT2D eigenvalue weighted by Crippen LogP contribution is 3.02. The van der Waals surface area contributed by atoms with Crippen molar-refractivity contribution in [2.75, 3.05) is 40.0 Å². The third-order valence-corrected chi connectivity index (χ3v) is 7.21. The Kier molecular flexibility index (Phi) is 6.85. The van der Waals surface area contributed by atoms with E-state index in [-0.39, 0.29) is 29.5 Å². The minimum Gasteiger partial charge on any atom is -0.492 e. The van der Waals surface area contributed by atoms with Crippen LogP contribution in [0, 0.1) is 5.92 Å². The molecule has 1 aliphatic heterocycles. The molecule has 0 saturated carbocycles. The van der Waals surface area contributed by atoms with Crippen molar-refractivity contribution in [1.29, 1.82) is 0 Å². The van der Waals surface area contributed by atoms with E-state index in [0.29, 0.717) is 61.6 Å². The molecule has 0 radical (unpaired) electrons. The lowest BCUT2D eigenvalue weighted by molar-refractivity contribution is 0.0461. The average Bonchev–Trinajstić information content (AvgIpc) is 3.23. The highest BCUT2D eigenvalue weighted by Gasteiger charge is 2.65. The molecule has 1 aromatic heterocycles. The van der Waals surface area contributed by atoms with Gasteiger partial charge in [-0.2, -0.15) is 5.10 Å². The van der Waals surface area contributed by atoms with Gasteiger partial charge < -0.3 is 19.7 Å². The highest BCUT2D eigenvalue weighted by molar-refractivity contribution is 8.45. The van der Waals surface area contributed by atoms with E-state index in [1.54, 1.807) is 29.9 Å². The summed E-state index contributed by atoms with van der Waals surface area (Å²) in [5.74, 6) is -0.415.